The predicted octanol–water partition coefficient (Wildman–Crippen LogP) is 3.68. The molecule has 3 aromatic rings. The van der Waals surface area contributed by atoms with Crippen LogP contribution in [0.3, 0.4) is 0 Å². The van der Waals surface area contributed by atoms with Crippen molar-refractivity contribution < 1.29 is 23.6 Å². The fourth-order valence-corrected chi connectivity index (χ4v) is 1.87. The molecule has 7 heteroatoms. The molecule has 1 heterocycles. The highest BCUT2D eigenvalue weighted by Crippen LogP contribution is 2.25. The third-order valence-electron chi connectivity index (χ3n) is 2.90. The van der Waals surface area contributed by atoms with Gasteiger partial charge < -0.3 is 20.1 Å². The Bertz CT molecular complexity index is 773. The monoisotopic (exact) mass is 330 g/mol. The molecule has 3 rings (SSSR count). The lowest BCUT2D eigenvalue weighted by Crippen LogP contribution is -2.03. The summed E-state index contributed by atoms with van der Waals surface area (Å²) in [5.74, 6) is -0.192. The molecule has 0 unspecified atom stereocenters. The van der Waals surface area contributed by atoms with Crippen LogP contribution in [0.4, 0.5) is 9.18 Å². The van der Waals surface area contributed by atoms with E-state index in [4.69, 9.17) is 19.2 Å². The van der Waals surface area contributed by atoms with Gasteiger partial charge in [-0.25, -0.2) is 9.18 Å². The molecule has 0 aliphatic carbocycles. The molecule has 0 saturated heterocycles. The first-order chi connectivity index (χ1) is 11.6. The molecule has 2 aromatic carbocycles. The van der Waals surface area contributed by atoms with Crippen molar-refractivity contribution in [2.75, 3.05) is 0 Å². The number of rotatable bonds is 4. The zero-order valence-electron chi connectivity index (χ0n) is 12.6. The number of hydrogen-bond acceptors (Lipinski definition) is 4. The van der Waals surface area contributed by atoms with E-state index in [0.717, 1.165) is 5.56 Å². The molecule has 0 radical (unpaired) electrons. The number of carboxylic acid groups (broad SMARTS) is 1. The van der Waals surface area contributed by atoms with Crippen LogP contribution in [-0.2, 0) is 6.61 Å². The summed E-state index contributed by atoms with van der Waals surface area (Å²) in [5, 5.41) is 11.0. The third-order valence-corrected chi connectivity index (χ3v) is 2.90. The minimum absolute atomic E-state index is 0.223. The minimum atomic E-state index is -1.33. The number of nitrogens with zero attached hydrogens (tertiary/aromatic N) is 1. The summed E-state index contributed by atoms with van der Waals surface area (Å²) in [4.78, 5) is 8.78. The topological polar surface area (TPSA) is 98.6 Å². The molecule has 124 valence electrons. The molecule has 1 amide bonds. The van der Waals surface area contributed by atoms with Gasteiger partial charge >= 0.3 is 6.09 Å². The van der Waals surface area contributed by atoms with Crippen LogP contribution in [-0.4, -0.2) is 16.4 Å². The fourth-order valence-electron chi connectivity index (χ4n) is 1.87. The predicted molar refractivity (Wildman–Crippen MR) is 84.9 cm³/mol. The highest BCUT2D eigenvalue weighted by molar-refractivity contribution is 5.61. The highest BCUT2D eigenvalue weighted by atomic mass is 19.1. The van der Waals surface area contributed by atoms with E-state index < -0.39 is 11.9 Å². The number of ether oxygens (including phenoxy) is 1. The van der Waals surface area contributed by atoms with E-state index in [-0.39, 0.29) is 5.75 Å². The van der Waals surface area contributed by atoms with Gasteiger partial charge in [-0.05, 0) is 23.8 Å². The first kappa shape index (κ1) is 17.0. The van der Waals surface area contributed by atoms with Gasteiger partial charge in [0.15, 0.2) is 11.6 Å². The van der Waals surface area contributed by atoms with E-state index in [1.54, 1.807) is 18.2 Å². The Balaban J connectivity index is 0.000000471. The van der Waals surface area contributed by atoms with E-state index in [9.17, 15) is 4.39 Å². The van der Waals surface area contributed by atoms with E-state index in [2.05, 4.69) is 10.9 Å². The zero-order valence-corrected chi connectivity index (χ0v) is 12.6. The second-order valence-corrected chi connectivity index (χ2v) is 4.64. The molecular weight excluding hydrogens is 315 g/mol. The van der Waals surface area contributed by atoms with Crippen molar-refractivity contribution in [1.82, 2.24) is 5.16 Å². The zero-order chi connectivity index (χ0) is 17.4. The Morgan fingerprint density at radius 1 is 1.21 bits per heavy atom. The molecule has 24 heavy (non-hydrogen) atoms. The first-order valence-corrected chi connectivity index (χ1v) is 6.91. The van der Waals surface area contributed by atoms with E-state index in [1.165, 1.54) is 12.3 Å². The molecule has 0 bridgehead atoms. The number of halogens is 1. The average Bonchev–Trinajstić information content (AvgIpc) is 3.08. The van der Waals surface area contributed by atoms with Gasteiger partial charge in [0.2, 0.25) is 0 Å². The summed E-state index contributed by atoms with van der Waals surface area (Å²) in [7, 11) is 0. The molecule has 0 fully saturated rings. The summed E-state index contributed by atoms with van der Waals surface area (Å²) in [6.07, 6.45) is 0.118. The lowest BCUT2D eigenvalue weighted by Gasteiger charge is -2.08. The fraction of sp³-hybridized carbons (Fsp3) is 0.0588. The number of carbonyl (C=O) groups is 1. The molecule has 0 spiro atoms. The second kappa shape index (κ2) is 8.33. The lowest BCUT2D eigenvalue weighted by atomic mass is 10.1. The van der Waals surface area contributed by atoms with E-state index in [1.807, 2.05) is 30.3 Å². The largest absolute Gasteiger partial charge is 0.486 e. The van der Waals surface area contributed by atoms with Crippen molar-refractivity contribution in [2.24, 2.45) is 5.73 Å². The van der Waals surface area contributed by atoms with Crippen LogP contribution in [0.25, 0.3) is 11.3 Å². The van der Waals surface area contributed by atoms with Gasteiger partial charge in [0.1, 0.15) is 18.6 Å². The molecule has 0 saturated carbocycles. The molecule has 0 aliphatic heterocycles. The normalized spacial score (nSPS) is 9.71. The maximum atomic E-state index is 14.0. The Labute approximate surface area is 137 Å². The molecule has 0 atom stereocenters. The van der Waals surface area contributed by atoms with Crippen LogP contribution in [0.15, 0.2) is 65.4 Å². The molecular formula is C17H15FN2O4. The molecule has 1 aromatic heterocycles. The highest BCUT2D eigenvalue weighted by Gasteiger charge is 2.08. The SMILES string of the molecule is Fc1cc(-c2ccon2)ccc1OCc1ccccc1.NC(=O)O. The molecule has 3 N–H and O–H groups in total. The van der Waals surface area contributed by atoms with Crippen LogP contribution >= 0.6 is 0 Å². The Hall–Kier alpha value is -3.35. The van der Waals surface area contributed by atoms with E-state index in [0.29, 0.717) is 17.9 Å². The Morgan fingerprint density at radius 2 is 1.92 bits per heavy atom. The number of hydrogen-bond donors (Lipinski definition) is 2. The summed E-state index contributed by atoms with van der Waals surface area (Å²) in [6.45, 7) is 0.334. The minimum Gasteiger partial charge on any atom is -0.486 e. The van der Waals surface area contributed by atoms with Crippen molar-refractivity contribution in [1.29, 1.82) is 0 Å². The lowest BCUT2D eigenvalue weighted by molar-refractivity contribution is 0.205. The maximum Gasteiger partial charge on any atom is 0.402 e. The van der Waals surface area contributed by atoms with Gasteiger partial charge in [0.25, 0.3) is 0 Å². The Kier molecular flexibility index (Phi) is 5.90. The number of primary amides is 1. The summed E-state index contributed by atoms with van der Waals surface area (Å²) < 4.78 is 24.2. The van der Waals surface area contributed by atoms with Gasteiger partial charge in [-0.1, -0.05) is 35.5 Å². The van der Waals surface area contributed by atoms with Crippen LogP contribution in [0.2, 0.25) is 0 Å². The maximum absolute atomic E-state index is 14.0. The molecule has 0 aliphatic rings. The Morgan fingerprint density at radius 3 is 2.50 bits per heavy atom. The van der Waals surface area contributed by atoms with Gasteiger partial charge in [0, 0.05) is 11.6 Å². The second-order valence-electron chi connectivity index (χ2n) is 4.64. The average molecular weight is 330 g/mol. The van der Waals surface area contributed by atoms with Crippen LogP contribution in [0.1, 0.15) is 5.56 Å². The standard InChI is InChI=1S/C16H12FNO2.CH3NO2/c17-14-10-13(15-8-9-20-18-15)6-7-16(14)19-11-12-4-2-1-3-5-12;2-1(3)4/h1-10H,11H2;2H2,(H,3,4). The quantitative estimate of drug-likeness (QED) is 0.760. The van der Waals surface area contributed by atoms with Crippen LogP contribution in [0, 0.1) is 5.82 Å². The van der Waals surface area contributed by atoms with Crippen LogP contribution < -0.4 is 10.5 Å². The summed E-state index contributed by atoms with van der Waals surface area (Å²) in [6, 6.07) is 16.0. The van der Waals surface area contributed by atoms with Crippen molar-refractivity contribution in [3.63, 3.8) is 0 Å². The first-order valence-electron chi connectivity index (χ1n) is 6.91. The van der Waals surface area contributed by atoms with Crippen molar-refractivity contribution in [2.45, 2.75) is 6.61 Å². The number of aromatic nitrogens is 1. The smallest absolute Gasteiger partial charge is 0.402 e. The van der Waals surface area contributed by atoms with Gasteiger partial charge in [-0.2, -0.15) is 0 Å². The number of benzene rings is 2. The number of amides is 1. The van der Waals surface area contributed by atoms with Crippen molar-refractivity contribution in [3.8, 4) is 17.0 Å². The van der Waals surface area contributed by atoms with Crippen molar-refractivity contribution >= 4 is 6.09 Å². The van der Waals surface area contributed by atoms with Gasteiger partial charge in [-0.3, -0.25) is 0 Å². The van der Waals surface area contributed by atoms with E-state index >= 15 is 0 Å². The van der Waals surface area contributed by atoms with Gasteiger partial charge in [-0.15, -0.1) is 0 Å². The number of nitrogens with two attached hydrogens (primary N) is 1. The third kappa shape index (κ3) is 5.13. The van der Waals surface area contributed by atoms with Gasteiger partial charge in [0.05, 0.1) is 0 Å². The van der Waals surface area contributed by atoms with Crippen molar-refractivity contribution in [3.05, 3.63) is 72.2 Å². The van der Waals surface area contributed by atoms with Crippen LogP contribution in [0.5, 0.6) is 5.75 Å². The summed E-state index contributed by atoms with van der Waals surface area (Å²) >= 11 is 0. The molecule has 6 nitrogen and oxygen atoms in total. The summed E-state index contributed by atoms with van der Waals surface area (Å²) in [5.41, 5.74) is 6.27.